The SMILES string of the molecule is CCc1ccccc1NC(=O)CN1CCN(C(=O)CNC(=O)[C@H]2C[C@@H]2C)CC1. The Bertz CT molecular complexity index is 728. The van der Waals surface area contributed by atoms with Crippen molar-refractivity contribution in [1.82, 2.24) is 15.1 Å². The minimum absolute atomic E-state index is 0.0106. The fourth-order valence-electron chi connectivity index (χ4n) is 3.59. The third-order valence-electron chi connectivity index (χ3n) is 5.62. The first-order valence-corrected chi connectivity index (χ1v) is 10.1. The minimum Gasteiger partial charge on any atom is -0.347 e. The van der Waals surface area contributed by atoms with E-state index in [9.17, 15) is 14.4 Å². The number of hydrogen-bond acceptors (Lipinski definition) is 4. The van der Waals surface area contributed by atoms with Gasteiger partial charge in [0.1, 0.15) is 0 Å². The number of para-hydroxylation sites is 1. The van der Waals surface area contributed by atoms with Gasteiger partial charge in [-0.05, 0) is 30.4 Å². The molecule has 7 heteroatoms. The Balaban J connectivity index is 1.38. The van der Waals surface area contributed by atoms with Crippen LogP contribution >= 0.6 is 0 Å². The van der Waals surface area contributed by atoms with Crippen LogP contribution in [0.4, 0.5) is 5.69 Å². The van der Waals surface area contributed by atoms with E-state index in [2.05, 4.69) is 22.5 Å². The number of carbonyl (C=O) groups excluding carboxylic acids is 3. The summed E-state index contributed by atoms with van der Waals surface area (Å²) in [7, 11) is 0. The van der Waals surface area contributed by atoms with Crippen LogP contribution in [-0.2, 0) is 20.8 Å². The van der Waals surface area contributed by atoms with Gasteiger partial charge in [0.25, 0.3) is 0 Å². The summed E-state index contributed by atoms with van der Waals surface area (Å²) in [5.74, 6) is 0.424. The molecule has 2 fully saturated rings. The standard InChI is InChI=1S/C21H30N4O3/c1-3-16-6-4-5-7-18(16)23-19(26)14-24-8-10-25(11-9-24)20(27)13-22-21(28)17-12-15(17)2/h4-7,15,17H,3,8-14H2,1-2H3,(H,22,28)(H,23,26)/t15-,17-/m0/s1. The second kappa shape index (κ2) is 9.19. The van der Waals surface area contributed by atoms with Gasteiger partial charge < -0.3 is 15.5 Å². The predicted octanol–water partition coefficient (Wildman–Crippen LogP) is 1.10. The summed E-state index contributed by atoms with van der Waals surface area (Å²) in [4.78, 5) is 40.3. The van der Waals surface area contributed by atoms with Gasteiger partial charge in [-0.2, -0.15) is 0 Å². The molecule has 2 atom stereocenters. The molecule has 0 spiro atoms. The van der Waals surface area contributed by atoms with Crippen molar-refractivity contribution in [3.63, 3.8) is 0 Å². The average Bonchev–Trinajstić information content (AvgIpc) is 3.43. The van der Waals surface area contributed by atoms with Gasteiger partial charge in [0.05, 0.1) is 13.1 Å². The molecular weight excluding hydrogens is 356 g/mol. The number of benzene rings is 1. The topological polar surface area (TPSA) is 81.8 Å². The van der Waals surface area contributed by atoms with Gasteiger partial charge in [0.2, 0.25) is 17.7 Å². The van der Waals surface area contributed by atoms with Gasteiger partial charge in [0, 0.05) is 37.8 Å². The highest BCUT2D eigenvalue weighted by molar-refractivity contribution is 5.93. The molecule has 1 aliphatic carbocycles. The number of anilines is 1. The molecule has 3 rings (SSSR count). The monoisotopic (exact) mass is 386 g/mol. The van der Waals surface area contributed by atoms with E-state index in [1.807, 2.05) is 31.2 Å². The smallest absolute Gasteiger partial charge is 0.242 e. The maximum Gasteiger partial charge on any atom is 0.242 e. The molecule has 2 aliphatic rings. The van der Waals surface area contributed by atoms with Gasteiger partial charge in [-0.1, -0.05) is 32.0 Å². The molecule has 0 radical (unpaired) electrons. The minimum atomic E-state index is -0.0531. The van der Waals surface area contributed by atoms with Crippen molar-refractivity contribution in [2.24, 2.45) is 11.8 Å². The highest BCUT2D eigenvalue weighted by atomic mass is 16.2. The second-order valence-corrected chi connectivity index (χ2v) is 7.75. The lowest BCUT2D eigenvalue weighted by atomic mass is 10.1. The Morgan fingerprint density at radius 1 is 1.11 bits per heavy atom. The molecule has 1 saturated heterocycles. The summed E-state index contributed by atoms with van der Waals surface area (Å²) in [6.07, 6.45) is 1.79. The average molecular weight is 386 g/mol. The summed E-state index contributed by atoms with van der Waals surface area (Å²) in [6.45, 7) is 6.95. The molecule has 1 saturated carbocycles. The Labute approximate surface area is 166 Å². The lowest BCUT2D eigenvalue weighted by Crippen LogP contribution is -2.52. The van der Waals surface area contributed by atoms with Gasteiger partial charge in [-0.15, -0.1) is 0 Å². The number of nitrogens with one attached hydrogen (secondary N) is 2. The van der Waals surface area contributed by atoms with Crippen LogP contribution in [0.25, 0.3) is 0 Å². The zero-order chi connectivity index (χ0) is 20.1. The summed E-state index contributed by atoms with van der Waals surface area (Å²) in [5, 5.41) is 5.73. The first-order chi connectivity index (χ1) is 13.5. The third kappa shape index (κ3) is 5.32. The number of piperazine rings is 1. The number of amides is 3. The molecule has 1 aromatic rings. The first-order valence-electron chi connectivity index (χ1n) is 10.1. The summed E-state index contributed by atoms with van der Waals surface area (Å²) < 4.78 is 0. The molecule has 7 nitrogen and oxygen atoms in total. The van der Waals surface area contributed by atoms with Crippen molar-refractivity contribution in [2.75, 3.05) is 44.6 Å². The number of rotatable bonds is 7. The maximum atomic E-state index is 12.4. The van der Waals surface area contributed by atoms with Gasteiger partial charge >= 0.3 is 0 Å². The Hall–Kier alpha value is -2.41. The lowest BCUT2D eigenvalue weighted by molar-refractivity contribution is -0.134. The van der Waals surface area contributed by atoms with E-state index in [0.29, 0.717) is 38.6 Å². The Kier molecular flexibility index (Phi) is 6.67. The molecule has 3 amide bonds. The maximum absolute atomic E-state index is 12.4. The van der Waals surface area contributed by atoms with E-state index in [4.69, 9.17) is 0 Å². The first kappa shape index (κ1) is 20.3. The van der Waals surface area contributed by atoms with Gasteiger partial charge in [0.15, 0.2) is 0 Å². The third-order valence-corrected chi connectivity index (χ3v) is 5.62. The van der Waals surface area contributed by atoms with E-state index in [0.717, 1.165) is 24.1 Å². The zero-order valence-corrected chi connectivity index (χ0v) is 16.7. The van der Waals surface area contributed by atoms with Crippen molar-refractivity contribution in [3.05, 3.63) is 29.8 Å². The number of nitrogens with zero attached hydrogens (tertiary/aromatic N) is 2. The van der Waals surface area contributed by atoms with Crippen LogP contribution in [0.15, 0.2) is 24.3 Å². The van der Waals surface area contributed by atoms with Gasteiger partial charge in [-0.3, -0.25) is 19.3 Å². The summed E-state index contributed by atoms with van der Waals surface area (Å²) in [6, 6.07) is 7.83. The van der Waals surface area contributed by atoms with Crippen LogP contribution in [-0.4, -0.2) is 66.8 Å². The molecule has 1 aromatic carbocycles. The highest BCUT2D eigenvalue weighted by Crippen LogP contribution is 2.37. The Morgan fingerprint density at radius 2 is 1.79 bits per heavy atom. The molecule has 1 heterocycles. The summed E-state index contributed by atoms with van der Waals surface area (Å²) in [5.41, 5.74) is 1.98. The summed E-state index contributed by atoms with van der Waals surface area (Å²) >= 11 is 0. The van der Waals surface area contributed by atoms with Crippen LogP contribution in [0.5, 0.6) is 0 Å². The fraction of sp³-hybridized carbons (Fsp3) is 0.571. The fourth-order valence-corrected chi connectivity index (χ4v) is 3.59. The molecule has 0 unspecified atom stereocenters. The number of hydrogen-bond donors (Lipinski definition) is 2. The van der Waals surface area contributed by atoms with E-state index < -0.39 is 0 Å². The number of carbonyl (C=O) groups is 3. The van der Waals surface area contributed by atoms with E-state index in [-0.39, 0.29) is 30.2 Å². The van der Waals surface area contributed by atoms with E-state index in [1.165, 1.54) is 0 Å². The molecule has 152 valence electrons. The molecular formula is C21H30N4O3. The van der Waals surface area contributed by atoms with Crippen molar-refractivity contribution in [1.29, 1.82) is 0 Å². The normalized spacial score (nSPS) is 21.9. The quantitative estimate of drug-likeness (QED) is 0.735. The van der Waals surface area contributed by atoms with Crippen LogP contribution in [0.2, 0.25) is 0 Å². The largest absolute Gasteiger partial charge is 0.347 e. The molecule has 28 heavy (non-hydrogen) atoms. The molecule has 0 aromatic heterocycles. The zero-order valence-electron chi connectivity index (χ0n) is 16.7. The van der Waals surface area contributed by atoms with Crippen molar-refractivity contribution < 1.29 is 14.4 Å². The van der Waals surface area contributed by atoms with Crippen molar-refractivity contribution in [3.8, 4) is 0 Å². The molecule has 0 bridgehead atoms. The van der Waals surface area contributed by atoms with Gasteiger partial charge in [-0.25, -0.2) is 0 Å². The van der Waals surface area contributed by atoms with Crippen LogP contribution < -0.4 is 10.6 Å². The van der Waals surface area contributed by atoms with Crippen LogP contribution in [0, 0.1) is 11.8 Å². The second-order valence-electron chi connectivity index (χ2n) is 7.75. The van der Waals surface area contributed by atoms with Crippen LogP contribution in [0.3, 0.4) is 0 Å². The van der Waals surface area contributed by atoms with E-state index >= 15 is 0 Å². The lowest BCUT2D eigenvalue weighted by Gasteiger charge is -2.34. The molecule has 1 aliphatic heterocycles. The Morgan fingerprint density at radius 3 is 2.43 bits per heavy atom. The van der Waals surface area contributed by atoms with E-state index in [1.54, 1.807) is 4.90 Å². The predicted molar refractivity (Wildman–Crippen MR) is 108 cm³/mol. The van der Waals surface area contributed by atoms with Crippen LogP contribution in [0.1, 0.15) is 25.8 Å². The number of aryl methyl sites for hydroxylation is 1. The highest BCUT2D eigenvalue weighted by Gasteiger charge is 2.39. The van der Waals surface area contributed by atoms with Crippen molar-refractivity contribution >= 4 is 23.4 Å². The van der Waals surface area contributed by atoms with Crippen molar-refractivity contribution in [2.45, 2.75) is 26.7 Å². The molecule has 2 N–H and O–H groups in total.